The van der Waals surface area contributed by atoms with Gasteiger partial charge in [-0.25, -0.2) is 0 Å². The summed E-state index contributed by atoms with van der Waals surface area (Å²) in [5.74, 6) is 0.477. The monoisotopic (exact) mass is 340 g/mol. The zero-order chi connectivity index (χ0) is 18.0. The van der Waals surface area contributed by atoms with Crippen LogP contribution in [0.3, 0.4) is 0 Å². The second kappa shape index (κ2) is 7.27. The molecule has 0 unspecified atom stereocenters. The zero-order valence-corrected chi connectivity index (χ0v) is 15.3. The molecule has 3 nitrogen and oxygen atoms in total. The highest BCUT2D eigenvalue weighted by atomic mass is 16.5. The van der Waals surface area contributed by atoms with E-state index in [2.05, 4.69) is 31.7 Å². The predicted molar refractivity (Wildman–Crippen MR) is 99.3 cm³/mol. The molecule has 3 rings (SSSR count). The van der Waals surface area contributed by atoms with Crippen molar-refractivity contribution >= 4 is 5.78 Å². The van der Waals surface area contributed by atoms with Crippen molar-refractivity contribution < 1.29 is 14.6 Å². The van der Waals surface area contributed by atoms with Gasteiger partial charge in [0.1, 0.15) is 0 Å². The zero-order valence-electron chi connectivity index (χ0n) is 15.3. The van der Waals surface area contributed by atoms with E-state index in [1.165, 1.54) is 11.1 Å². The summed E-state index contributed by atoms with van der Waals surface area (Å²) in [5.41, 5.74) is 4.15. The van der Waals surface area contributed by atoms with Gasteiger partial charge in [-0.1, -0.05) is 31.2 Å². The molecule has 1 aliphatic carbocycles. The molecule has 134 valence electrons. The Kier molecular flexibility index (Phi) is 5.26. The summed E-state index contributed by atoms with van der Waals surface area (Å²) in [6, 6.07) is 6.30. The number of rotatable bonds is 6. The van der Waals surface area contributed by atoms with Crippen molar-refractivity contribution in [1.82, 2.24) is 0 Å². The van der Waals surface area contributed by atoms with E-state index in [1.54, 1.807) is 0 Å². The van der Waals surface area contributed by atoms with Crippen LogP contribution < -0.4 is 0 Å². The first kappa shape index (κ1) is 18.1. The van der Waals surface area contributed by atoms with Gasteiger partial charge < -0.3 is 9.84 Å². The third-order valence-electron chi connectivity index (χ3n) is 5.92. The summed E-state index contributed by atoms with van der Waals surface area (Å²) < 4.78 is 6.28. The van der Waals surface area contributed by atoms with Crippen LogP contribution in [0.5, 0.6) is 0 Å². The molecule has 25 heavy (non-hydrogen) atoms. The van der Waals surface area contributed by atoms with E-state index < -0.39 is 0 Å². The van der Waals surface area contributed by atoms with E-state index in [1.807, 2.05) is 19.1 Å². The van der Waals surface area contributed by atoms with Gasteiger partial charge in [-0.3, -0.25) is 4.79 Å². The second-order valence-corrected chi connectivity index (χ2v) is 7.51. The minimum absolute atomic E-state index is 0.0205. The molecule has 0 bridgehead atoms. The molecule has 1 heterocycles. The Morgan fingerprint density at radius 3 is 3.00 bits per heavy atom. The molecule has 3 heteroatoms. The molecular formula is C22H28O3. The van der Waals surface area contributed by atoms with Crippen molar-refractivity contribution in [2.24, 2.45) is 11.8 Å². The van der Waals surface area contributed by atoms with Gasteiger partial charge in [0.15, 0.2) is 5.78 Å². The van der Waals surface area contributed by atoms with Crippen molar-refractivity contribution in [3.05, 3.63) is 59.2 Å². The molecule has 1 aromatic carbocycles. The highest BCUT2D eigenvalue weighted by Gasteiger charge is 2.49. The Morgan fingerprint density at radius 1 is 1.48 bits per heavy atom. The number of carbonyl (C=O) groups excluding carboxylic acids is 1. The first-order valence-corrected chi connectivity index (χ1v) is 9.19. The van der Waals surface area contributed by atoms with E-state index in [-0.39, 0.29) is 29.8 Å². The number of benzene rings is 1. The number of allylic oxidation sites excluding steroid dienone is 2. The molecule has 1 aliphatic heterocycles. The van der Waals surface area contributed by atoms with Gasteiger partial charge in [-0.05, 0) is 66.9 Å². The molecule has 1 fully saturated rings. The van der Waals surface area contributed by atoms with E-state index in [0.717, 1.165) is 30.4 Å². The average Bonchev–Trinajstić information content (AvgIpc) is 3.01. The number of fused-ring (bicyclic) bond motifs is 1. The molecule has 1 N–H and O–H groups in total. The van der Waals surface area contributed by atoms with Crippen molar-refractivity contribution in [1.29, 1.82) is 0 Å². The van der Waals surface area contributed by atoms with Gasteiger partial charge in [-0.15, -0.1) is 6.58 Å². The summed E-state index contributed by atoms with van der Waals surface area (Å²) in [5, 5.41) is 9.52. The lowest BCUT2D eigenvalue weighted by Crippen LogP contribution is -2.44. The van der Waals surface area contributed by atoms with Crippen molar-refractivity contribution in [2.45, 2.75) is 51.7 Å². The van der Waals surface area contributed by atoms with E-state index in [4.69, 9.17) is 4.74 Å². The highest BCUT2D eigenvalue weighted by Crippen LogP contribution is 2.47. The SMILES string of the molecule is C=CC[C@H]1C[C@]2([C@H](C)Cc3ccc(C)c(CO)c3)OCCC2=CC1=O. The topological polar surface area (TPSA) is 46.5 Å². The van der Waals surface area contributed by atoms with Crippen LogP contribution in [-0.2, 0) is 22.6 Å². The number of aryl methyl sites for hydroxylation is 1. The van der Waals surface area contributed by atoms with Gasteiger partial charge in [0.25, 0.3) is 0 Å². The average molecular weight is 340 g/mol. The highest BCUT2D eigenvalue weighted by molar-refractivity contribution is 5.94. The van der Waals surface area contributed by atoms with Crippen LogP contribution in [0.4, 0.5) is 0 Å². The standard InChI is InChI=1S/C22H28O3/c1-4-5-18-13-22(20(8-9-25-22)12-21(18)24)16(3)10-17-7-6-15(2)19(11-17)14-23/h4,6-7,11-12,16,18,23H,1,5,8-10,13-14H2,2-3H3/t16-,18+,22-/m1/s1. The summed E-state index contributed by atoms with van der Waals surface area (Å²) >= 11 is 0. The first-order chi connectivity index (χ1) is 12.0. The van der Waals surface area contributed by atoms with E-state index in [0.29, 0.717) is 13.0 Å². The number of hydrogen-bond donors (Lipinski definition) is 1. The van der Waals surface area contributed by atoms with Gasteiger partial charge in [0, 0.05) is 5.92 Å². The van der Waals surface area contributed by atoms with Crippen LogP contribution in [0.25, 0.3) is 0 Å². The molecule has 0 aromatic heterocycles. The largest absolute Gasteiger partial charge is 0.392 e. The maximum atomic E-state index is 12.4. The molecule has 0 radical (unpaired) electrons. The van der Waals surface area contributed by atoms with Gasteiger partial charge in [-0.2, -0.15) is 0 Å². The first-order valence-electron chi connectivity index (χ1n) is 9.19. The van der Waals surface area contributed by atoms with Crippen LogP contribution in [0.1, 0.15) is 42.9 Å². The summed E-state index contributed by atoms with van der Waals surface area (Å²) in [6.45, 7) is 8.80. The number of hydrogen-bond acceptors (Lipinski definition) is 3. The third-order valence-corrected chi connectivity index (χ3v) is 5.92. The Hall–Kier alpha value is -1.71. The van der Waals surface area contributed by atoms with Crippen LogP contribution in [-0.4, -0.2) is 23.1 Å². The lowest BCUT2D eigenvalue weighted by molar-refractivity contribution is -0.123. The third kappa shape index (κ3) is 3.36. The summed E-state index contributed by atoms with van der Waals surface area (Å²) in [7, 11) is 0. The summed E-state index contributed by atoms with van der Waals surface area (Å²) in [6.07, 6.45) is 6.87. The Labute approximate surface area is 150 Å². The second-order valence-electron chi connectivity index (χ2n) is 7.51. The maximum Gasteiger partial charge on any atom is 0.159 e. The minimum Gasteiger partial charge on any atom is -0.392 e. The Morgan fingerprint density at radius 2 is 2.28 bits per heavy atom. The number of carbonyl (C=O) groups is 1. The molecule has 0 spiro atoms. The number of aliphatic hydroxyl groups is 1. The van der Waals surface area contributed by atoms with Crippen LogP contribution >= 0.6 is 0 Å². The molecule has 3 atom stereocenters. The molecule has 0 amide bonds. The molecule has 2 aliphatic rings. The fraction of sp³-hybridized carbons (Fsp3) is 0.500. The molecular weight excluding hydrogens is 312 g/mol. The number of aliphatic hydroxyl groups excluding tert-OH is 1. The fourth-order valence-electron chi connectivity index (χ4n) is 4.39. The van der Waals surface area contributed by atoms with Gasteiger partial charge in [0.2, 0.25) is 0 Å². The lowest BCUT2D eigenvalue weighted by atomic mass is 9.68. The summed E-state index contributed by atoms with van der Waals surface area (Å²) in [4.78, 5) is 12.4. The van der Waals surface area contributed by atoms with Crippen molar-refractivity contribution in [2.75, 3.05) is 6.61 Å². The van der Waals surface area contributed by atoms with Crippen molar-refractivity contribution in [3.8, 4) is 0 Å². The van der Waals surface area contributed by atoms with E-state index >= 15 is 0 Å². The number of ketones is 1. The van der Waals surface area contributed by atoms with Crippen LogP contribution in [0.15, 0.2) is 42.5 Å². The van der Waals surface area contributed by atoms with Gasteiger partial charge >= 0.3 is 0 Å². The Bertz CT molecular complexity index is 703. The van der Waals surface area contributed by atoms with Crippen LogP contribution in [0.2, 0.25) is 0 Å². The smallest absolute Gasteiger partial charge is 0.159 e. The van der Waals surface area contributed by atoms with Gasteiger partial charge in [0.05, 0.1) is 18.8 Å². The van der Waals surface area contributed by atoms with Crippen molar-refractivity contribution in [3.63, 3.8) is 0 Å². The number of ether oxygens (including phenoxy) is 1. The quantitative estimate of drug-likeness (QED) is 0.799. The maximum absolute atomic E-state index is 12.4. The molecule has 1 saturated heterocycles. The molecule has 0 saturated carbocycles. The van der Waals surface area contributed by atoms with E-state index in [9.17, 15) is 9.90 Å². The van der Waals surface area contributed by atoms with Crippen LogP contribution in [0, 0.1) is 18.8 Å². The minimum atomic E-state index is -0.328. The predicted octanol–water partition coefficient (Wildman–Crippen LogP) is 3.92. The fourth-order valence-corrected chi connectivity index (χ4v) is 4.39. The molecule has 1 aromatic rings. The lowest BCUT2D eigenvalue weighted by Gasteiger charge is -2.41. The normalized spacial score (nSPS) is 26.9. The Balaban J connectivity index is 1.86.